The fourth-order valence-electron chi connectivity index (χ4n) is 4.73. The molecule has 0 unspecified atom stereocenters. The third kappa shape index (κ3) is 8.49. The van der Waals surface area contributed by atoms with Gasteiger partial charge < -0.3 is 15.0 Å². The van der Waals surface area contributed by atoms with Crippen LogP contribution in [0.2, 0.25) is 15.1 Å². The summed E-state index contributed by atoms with van der Waals surface area (Å²) in [6, 6.07) is 25.1. The monoisotopic (exact) mass is 687 g/mol. The van der Waals surface area contributed by atoms with E-state index in [4.69, 9.17) is 39.5 Å². The number of hydrogen-bond acceptors (Lipinski definition) is 5. The van der Waals surface area contributed by atoms with E-state index in [1.54, 1.807) is 43.3 Å². The fourth-order valence-corrected chi connectivity index (χ4v) is 6.84. The van der Waals surface area contributed by atoms with Crippen molar-refractivity contribution in [1.29, 1.82) is 0 Å². The number of ether oxygens (including phenoxy) is 1. The molecule has 0 saturated carbocycles. The van der Waals surface area contributed by atoms with E-state index in [1.165, 1.54) is 42.3 Å². The highest BCUT2D eigenvalue weighted by Gasteiger charge is 2.35. The van der Waals surface area contributed by atoms with Crippen molar-refractivity contribution < 1.29 is 22.7 Å². The minimum atomic E-state index is -4.31. The van der Waals surface area contributed by atoms with E-state index >= 15 is 0 Å². The molecule has 0 aromatic heterocycles. The summed E-state index contributed by atoms with van der Waals surface area (Å²) in [6.07, 6.45) is 0.156. The number of nitrogens with zero attached hydrogens (tertiary/aromatic N) is 2. The van der Waals surface area contributed by atoms with Gasteiger partial charge in [-0.2, -0.15) is 0 Å². The molecule has 0 bridgehead atoms. The maximum atomic E-state index is 14.5. The van der Waals surface area contributed by atoms with Gasteiger partial charge in [0.15, 0.2) is 0 Å². The number of sulfonamides is 1. The molecule has 0 radical (unpaired) electrons. The van der Waals surface area contributed by atoms with Gasteiger partial charge in [0, 0.05) is 40.1 Å². The maximum absolute atomic E-state index is 14.5. The van der Waals surface area contributed by atoms with E-state index in [0.717, 1.165) is 9.87 Å². The summed E-state index contributed by atoms with van der Waals surface area (Å²) >= 11 is 19.3. The van der Waals surface area contributed by atoms with Crippen molar-refractivity contribution in [1.82, 2.24) is 10.2 Å². The quantitative estimate of drug-likeness (QED) is 0.170. The van der Waals surface area contributed by atoms with Crippen LogP contribution in [0, 0.1) is 0 Å². The summed E-state index contributed by atoms with van der Waals surface area (Å²) in [4.78, 5) is 29.3. The predicted molar refractivity (Wildman–Crippen MR) is 179 cm³/mol. The van der Waals surface area contributed by atoms with Crippen LogP contribution in [0.1, 0.15) is 18.1 Å². The number of rotatable bonds is 13. The van der Waals surface area contributed by atoms with Gasteiger partial charge in [0.25, 0.3) is 10.0 Å². The van der Waals surface area contributed by atoms with Gasteiger partial charge in [-0.15, -0.1) is 0 Å². The zero-order valence-electron chi connectivity index (χ0n) is 24.6. The summed E-state index contributed by atoms with van der Waals surface area (Å²) in [6.45, 7) is 1.29. The first-order valence-corrected chi connectivity index (χ1v) is 16.6. The smallest absolute Gasteiger partial charge is 0.264 e. The highest BCUT2D eigenvalue weighted by atomic mass is 35.5. The van der Waals surface area contributed by atoms with Gasteiger partial charge >= 0.3 is 0 Å². The number of carbonyl (C=O) groups is 2. The Kier molecular flexibility index (Phi) is 11.7. The van der Waals surface area contributed by atoms with Crippen LogP contribution in [-0.4, -0.2) is 51.4 Å². The maximum Gasteiger partial charge on any atom is 0.264 e. The fraction of sp³-hybridized carbons (Fsp3) is 0.212. The normalized spacial score (nSPS) is 11.8. The van der Waals surface area contributed by atoms with Crippen molar-refractivity contribution in [3.8, 4) is 5.75 Å². The van der Waals surface area contributed by atoms with Crippen LogP contribution in [0.4, 0.5) is 5.69 Å². The second-order valence-corrected chi connectivity index (χ2v) is 13.1. The van der Waals surface area contributed by atoms with Crippen LogP contribution in [0.25, 0.3) is 0 Å². The van der Waals surface area contributed by atoms with Crippen LogP contribution in [0.5, 0.6) is 5.75 Å². The van der Waals surface area contributed by atoms with Gasteiger partial charge in [0.05, 0.1) is 17.7 Å². The number of anilines is 1. The Hall–Kier alpha value is -3.76. The van der Waals surface area contributed by atoms with Crippen molar-refractivity contribution >= 4 is 62.3 Å². The molecule has 0 aliphatic heterocycles. The minimum absolute atomic E-state index is 0.0682. The standard InChI is InChI=1S/C33H32Cl3N3O5S/c1-3-37-33(41)31(19-23-9-5-4-6-10-23)38(21-28-29(35)13-8-14-30(28)36)32(40)22-39(25-12-7-11-24(34)20-25)45(42,43)27-17-15-26(44-2)16-18-27/h4-18,20,31H,3,19,21-22H2,1-2H3,(H,37,41)/t31-/m1/s1. The molecule has 8 nitrogen and oxygen atoms in total. The number of halogens is 3. The molecule has 0 saturated heterocycles. The number of carbonyl (C=O) groups excluding carboxylic acids is 2. The van der Waals surface area contributed by atoms with E-state index in [1.807, 2.05) is 30.3 Å². The Balaban J connectivity index is 1.83. The highest BCUT2D eigenvalue weighted by Crippen LogP contribution is 2.30. The van der Waals surface area contributed by atoms with E-state index in [0.29, 0.717) is 27.9 Å². The number of likely N-dealkylation sites (N-methyl/N-ethyl adjacent to an activating group) is 1. The van der Waals surface area contributed by atoms with E-state index < -0.39 is 34.4 Å². The molecule has 0 spiro atoms. The molecule has 0 fully saturated rings. The first-order chi connectivity index (χ1) is 21.5. The predicted octanol–water partition coefficient (Wildman–Crippen LogP) is 6.63. The lowest BCUT2D eigenvalue weighted by atomic mass is 10.0. The molecule has 0 aliphatic rings. The molecule has 4 aromatic rings. The van der Waals surface area contributed by atoms with Gasteiger partial charge in [-0.1, -0.05) is 77.3 Å². The van der Waals surface area contributed by atoms with Gasteiger partial charge in [0.1, 0.15) is 18.3 Å². The van der Waals surface area contributed by atoms with Gasteiger partial charge in [-0.25, -0.2) is 8.42 Å². The second kappa shape index (κ2) is 15.5. The third-order valence-electron chi connectivity index (χ3n) is 7.03. The van der Waals surface area contributed by atoms with Crippen LogP contribution in [-0.2, 0) is 32.6 Å². The van der Waals surface area contributed by atoms with E-state index in [2.05, 4.69) is 5.32 Å². The molecule has 4 aromatic carbocycles. The molecule has 12 heteroatoms. The summed E-state index contributed by atoms with van der Waals surface area (Å²) < 4.78 is 34.4. The molecular weight excluding hydrogens is 657 g/mol. The first kappa shape index (κ1) is 34.1. The lowest BCUT2D eigenvalue weighted by Gasteiger charge is -2.34. The van der Waals surface area contributed by atoms with Crippen LogP contribution in [0.15, 0.2) is 102 Å². The van der Waals surface area contributed by atoms with E-state index in [9.17, 15) is 18.0 Å². The average molecular weight is 689 g/mol. The molecule has 45 heavy (non-hydrogen) atoms. The number of hydrogen-bond donors (Lipinski definition) is 1. The Morgan fingerprint density at radius 3 is 2.11 bits per heavy atom. The van der Waals surface area contributed by atoms with Crippen LogP contribution in [0.3, 0.4) is 0 Å². The van der Waals surface area contributed by atoms with Crippen molar-refractivity contribution in [2.45, 2.75) is 30.8 Å². The summed E-state index contributed by atoms with van der Waals surface area (Å²) in [5.41, 5.74) is 1.39. The lowest BCUT2D eigenvalue weighted by molar-refractivity contribution is -0.140. The van der Waals surface area contributed by atoms with Crippen molar-refractivity contribution in [2.24, 2.45) is 0 Å². The zero-order valence-corrected chi connectivity index (χ0v) is 27.7. The molecule has 0 aliphatic carbocycles. The summed E-state index contributed by atoms with van der Waals surface area (Å²) in [5.74, 6) is -0.603. The summed E-state index contributed by atoms with van der Waals surface area (Å²) in [7, 11) is -2.84. The Labute approximate surface area is 278 Å². The summed E-state index contributed by atoms with van der Waals surface area (Å²) in [5, 5.41) is 3.69. The average Bonchev–Trinajstić information content (AvgIpc) is 3.03. The Morgan fingerprint density at radius 1 is 0.867 bits per heavy atom. The van der Waals surface area contributed by atoms with Crippen molar-refractivity contribution in [2.75, 3.05) is 24.5 Å². The van der Waals surface area contributed by atoms with Crippen LogP contribution >= 0.6 is 34.8 Å². The highest BCUT2D eigenvalue weighted by molar-refractivity contribution is 7.92. The molecular formula is C33H32Cl3N3O5S. The first-order valence-electron chi connectivity index (χ1n) is 14.0. The number of benzene rings is 4. The van der Waals surface area contributed by atoms with Crippen molar-refractivity contribution in [3.63, 3.8) is 0 Å². The van der Waals surface area contributed by atoms with Gasteiger partial charge in [0.2, 0.25) is 11.8 Å². The molecule has 1 N–H and O–H groups in total. The molecule has 236 valence electrons. The van der Waals surface area contributed by atoms with Gasteiger partial charge in [-0.3, -0.25) is 13.9 Å². The number of methoxy groups -OCH3 is 1. The SMILES string of the molecule is CCNC(=O)[C@@H](Cc1ccccc1)N(Cc1c(Cl)cccc1Cl)C(=O)CN(c1cccc(Cl)c1)S(=O)(=O)c1ccc(OC)cc1. The third-order valence-corrected chi connectivity index (χ3v) is 9.77. The van der Waals surface area contributed by atoms with Crippen LogP contribution < -0.4 is 14.4 Å². The molecule has 1 atom stereocenters. The molecule has 4 rings (SSSR count). The molecule has 2 amide bonds. The lowest BCUT2D eigenvalue weighted by Crippen LogP contribution is -2.53. The number of nitrogens with one attached hydrogen (secondary N) is 1. The topological polar surface area (TPSA) is 96.0 Å². The van der Waals surface area contributed by atoms with Gasteiger partial charge in [-0.05, 0) is 67.1 Å². The van der Waals surface area contributed by atoms with E-state index in [-0.39, 0.29) is 28.6 Å². The second-order valence-electron chi connectivity index (χ2n) is 9.99. The Bertz CT molecular complexity index is 1720. The zero-order chi connectivity index (χ0) is 32.6. The Morgan fingerprint density at radius 2 is 1.51 bits per heavy atom. The largest absolute Gasteiger partial charge is 0.497 e. The minimum Gasteiger partial charge on any atom is -0.497 e. The molecule has 0 heterocycles. The number of amides is 2. The van der Waals surface area contributed by atoms with Crippen molar-refractivity contribution in [3.05, 3.63) is 123 Å².